The van der Waals surface area contributed by atoms with E-state index in [1.807, 2.05) is 20.8 Å². The van der Waals surface area contributed by atoms with Crippen LogP contribution in [-0.4, -0.2) is 34.8 Å². The van der Waals surface area contributed by atoms with Gasteiger partial charge in [0.2, 0.25) is 5.95 Å². The average molecular weight is 373 g/mol. The Morgan fingerprint density at radius 3 is 2.63 bits per heavy atom. The molecule has 6 nitrogen and oxygen atoms in total. The van der Waals surface area contributed by atoms with Crippen molar-refractivity contribution >= 4 is 6.09 Å². The molecule has 2 aromatic rings. The molecule has 0 radical (unpaired) electrons. The van der Waals surface area contributed by atoms with E-state index in [1.54, 1.807) is 30.6 Å². The molecular weight excluding hydrogens is 349 g/mol. The quantitative estimate of drug-likeness (QED) is 0.776. The van der Waals surface area contributed by atoms with E-state index in [0.717, 1.165) is 12.8 Å². The number of halogens is 1. The lowest BCUT2D eigenvalue weighted by Crippen LogP contribution is -2.37. The number of carbonyl (C=O) groups excluding carboxylic acids is 1. The normalized spacial score (nSPS) is 15.1. The molecule has 1 fully saturated rings. The Labute approximate surface area is 158 Å². The number of carbonyl (C=O) groups is 1. The van der Waals surface area contributed by atoms with Crippen LogP contribution in [0.15, 0.2) is 36.8 Å². The first-order chi connectivity index (χ1) is 12.8. The number of ether oxygens (including phenoxy) is 2. The van der Waals surface area contributed by atoms with Crippen molar-refractivity contribution in [2.75, 3.05) is 13.2 Å². The van der Waals surface area contributed by atoms with Crippen LogP contribution in [0.3, 0.4) is 0 Å². The van der Waals surface area contributed by atoms with Crippen LogP contribution in [0.2, 0.25) is 0 Å². The summed E-state index contributed by atoms with van der Waals surface area (Å²) in [6, 6.07) is 5.07. The molecule has 2 heterocycles. The fourth-order valence-electron chi connectivity index (χ4n) is 2.60. The zero-order valence-electron chi connectivity index (χ0n) is 15.8. The first-order valence-electron chi connectivity index (χ1n) is 8.92. The second-order valence-electron chi connectivity index (χ2n) is 7.89. The molecule has 0 bridgehead atoms. The molecule has 1 aliphatic carbocycles. The molecule has 0 spiro atoms. The van der Waals surface area contributed by atoms with E-state index in [2.05, 4.69) is 15.3 Å². The molecule has 1 N–H and O–H groups in total. The Hall–Kier alpha value is -2.70. The van der Waals surface area contributed by atoms with Crippen LogP contribution >= 0.6 is 0 Å². The Bertz CT molecular complexity index is 802. The molecular formula is C20H24FN3O3. The van der Waals surface area contributed by atoms with Crippen LogP contribution in [0, 0.1) is 11.4 Å². The second kappa shape index (κ2) is 7.50. The zero-order valence-corrected chi connectivity index (χ0v) is 15.8. The zero-order chi connectivity index (χ0) is 19.5. The molecule has 1 amide bonds. The van der Waals surface area contributed by atoms with Crippen molar-refractivity contribution in [2.24, 2.45) is 5.41 Å². The fraction of sp³-hybridized carbons (Fsp3) is 0.450. The van der Waals surface area contributed by atoms with Gasteiger partial charge < -0.3 is 14.8 Å². The summed E-state index contributed by atoms with van der Waals surface area (Å²) >= 11 is 0. The summed E-state index contributed by atoms with van der Waals surface area (Å²) in [6.07, 6.45) is 6.05. The fourth-order valence-corrected chi connectivity index (χ4v) is 2.60. The van der Waals surface area contributed by atoms with Crippen molar-refractivity contribution in [1.29, 1.82) is 0 Å². The van der Waals surface area contributed by atoms with Gasteiger partial charge in [-0.25, -0.2) is 9.78 Å². The molecule has 27 heavy (non-hydrogen) atoms. The van der Waals surface area contributed by atoms with Gasteiger partial charge >= 0.3 is 6.09 Å². The van der Waals surface area contributed by atoms with Crippen molar-refractivity contribution in [3.05, 3.63) is 42.7 Å². The van der Waals surface area contributed by atoms with Gasteiger partial charge in [-0.2, -0.15) is 4.39 Å². The number of aromatic nitrogens is 2. The van der Waals surface area contributed by atoms with Crippen LogP contribution in [0.25, 0.3) is 11.1 Å². The lowest BCUT2D eigenvalue weighted by atomic mass is 10.1. The molecule has 2 aromatic heterocycles. The number of hydrogen-bond acceptors (Lipinski definition) is 5. The van der Waals surface area contributed by atoms with Gasteiger partial charge in [-0.3, -0.25) is 4.98 Å². The highest BCUT2D eigenvalue weighted by Gasteiger charge is 2.44. The third-order valence-corrected chi connectivity index (χ3v) is 4.31. The first kappa shape index (κ1) is 19.1. The van der Waals surface area contributed by atoms with Crippen molar-refractivity contribution in [2.45, 2.75) is 39.2 Å². The Kier molecular flexibility index (Phi) is 5.30. The summed E-state index contributed by atoms with van der Waals surface area (Å²) in [4.78, 5) is 19.5. The predicted molar refractivity (Wildman–Crippen MR) is 98.8 cm³/mol. The van der Waals surface area contributed by atoms with Gasteiger partial charge in [0, 0.05) is 29.9 Å². The molecule has 0 aliphatic heterocycles. The molecule has 0 aromatic carbocycles. The number of pyridine rings is 2. The van der Waals surface area contributed by atoms with E-state index in [1.165, 1.54) is 6.20 Å². The third kappa shape index (κ3) is 5.39. The Morgan fingerprint density at radius 1 is 1.30 bits per heavy atom. The Balaban J connectivity index is 1.58. The third-order valence-electron chi connectivity index (χ3n) is 4.31. The van der Waals surface area contributed by atoms with E-state index >= 15 is 0 Å². The van der Waals surface area contributed by atoms with Crippen LogP contribution in [0.4, 0.5) is 9.18 Å². The number of rotatable bonds is 6. The van der Waals surface area contributed by atoms with Crippen LogP contribution in [0.5, 0.6) is 5.75 Å². The molecule has 0 atom stereocenters. The summed E-state index contributed by atoms with van der Waals surface area (Å²) in [7, 11) is 0. The molecule has 144 valence electrons. The van der Waals surface area contributed by atoms with Crippen molar-refractivity contribution < 1.29 is 18.7 Å². The van der Waals surface area contributed by atoms with Gasteiger partial charge in [0.1, 0.15) is 11.4 Å². The maximum atomic E-state index is 14.0. The van der Waals surface area contributed by atoms with Gasteiger partial charge in [-0.05, 0) is 57.4 Å². The van der Waals surface area contributed by atoms with Gasteiger partial charge in [0.15, 0.2) is 0 Å². The molecule has 1 aliphatic rings. The van der Waals surface area contributed by atoms with Crippen molar-refractivity contribution in [1.82, 2.24) is 15.3 Å². The number of alkyl carbamates (subject to hydrolysis) is 1. The summed E-state index contributed by atoms with van der Waals surface area (Å²) in [6.45, 7) is 6.37. The monoisotopic (exact) mass is 373 g/mol. The van der Waals surface area contributed by atoms with E-state index in [-0.39, 0.29) is 5.41 Å². The van der Waals surface area contributed by atoms with E-state index in [0.29, 0.717) is 30.0 Å². The van der Waals surface area contributed by atoms with Crippen LogP contribution < -0.4 is 10.1 Å². The van der Waals surface area contributed by atoms with E-state index in [9.17, 15) is 9.18 Å². The standard InChI is InChI=1S/C20H24FN3O3/c1-19(2,3)27-18(25)24-12-20(6-7-20)13-26-15-10-16(17(21)23-11-15)14-4-8-22-9-5-14/h4-5,8-11H,6-7,12-13H2,1-3H3,(H,24,25). The first-order valence-corrected chi connectivity index (χ1v) is 8.92. The molecule has 3 rings (SSSR count). The van der Waals surface area contributed by atoms with Crippen LogP contribution in [0.1, 0.15) is 33.6 Å². The summed E-state index contributed by atoms with van der Waals surface area (Å²) < 4.78 is 25.1. The minimum Gasteiger partial charge on any atom is -0.491 e. The van der Waals surface area contributed by atoms with E-state index in [4.69, 9.17) is 9.47 Å². The predicted octanol–water partition coefficient (Wildman–Crippen LogP) is 3.97. The average Bonchev–Trinajstić information content (AvgIpc) is 3.39. The molecule has 0 unspecified atom stereocenters. The second-order valence-corrected chi connectivity index (χ2v) is 7.89. The highest BCUT2D eigenvalue weighted by atomic mass is 19.1. The number of hydrogen-bond donors (Lipinski definition) is 1. The SMILES string of the molecule is CC(C)(C)OC(=O)NCC1(COc2cnc(F)c(-c3ccncc3)c2)CC1. The van der Waals surface area contributed by atoms with Crippen LogP contribution in [-0.2, 0) is 4.74 Å². The highest BCUT2D eigenvalue weighted by molar-refractivity contribution is 5.67. The minimum atomic E-state index is -0.554. The number of amides is 1. The van der Waals surface area contributed by atoms with E-state index < -0.39 is 17.6 Å². The van der Waals surface area contributed by atoms with Crippen molar-refractivity contribution in [3.63, 3.8) is 0 Å². The lowest BCUT2D eigenvalue weighted by molar-refractivity contribution is 0.0509. The van der Waals surface area contributed by atoms with Gasteiger partial charge in [0.25, 0.3) is 0 Å². The topological polar surface area (TPSA) is 73.3 Å². The maximum absolute atomic E-state index is 14.0. The highest BCUT2D eigenvalue weighted by Crippen LogP contribution is 2.45. The maximum Gasteiger partial charge on any atom is 0.407 e. The molecule has 0 saturated heterocycles. The lowest BCUT2D eigenvalue weighted by Gasteiger charge is -2.22. The van der Waals surface area contributed by atoms with Gasteiger partial charge in [0.05, 0.1) is 12.8 Å². The molecule has 1 saturated carbocycles. The molecule has 7 heteroatoms. The minimum absolute atomic E-state index is 0.109. The number of nitrogens with zero attached hydrogens (tertiary/aromatic N) is 2. The van der Waals surface area contributed by atoms with Gasteiger partial charge in [-0.15, -0.1) is 0 Å². The summed E-state index contributed by atoms with van der Waals surface area (Å²) in [5.41, 5.74) is 0.419. The number of nitrogens with one attached hydrogen (secondary N) is 1. The van der Waals surface area contributed by atoms with Gasteiger partial charge in [-0.1, -0.05) is 0 Å². The smallest absolute Gasteiger partial charge is 0.407 e. The summed E-state index contributed by atoms with van der Waals surface area (Å²) in [5.74, 6) is -0.0620. The van der Waals surface area contributed by atoms with Crippen molar-refractivity contribution in [3.8, 4) is 16.9 Å². The summed E-state index contributed by atoms with van der Waals surface area (Å²) in [5, 5.41) is 2.80. The largest absolute Gasteiger partial charge is 0.491 e. The Morgan fingerprint density at radius 2 is 2.00 bits per heavy atom.